The molecule has 9 heterocycles. The van der Waals surface area contributed by atoms with Crippen LogP contribution in [0.5, 0.6) is 0 Å². The van der Waals surface area contributed by atoms with Gasteiger partial charge in [0.2, 0.25) is 23.6 Å². The molecule has 548 valence electrons. The van der Waals surface area contributed by atoms with Crippen LogP contribution in [-0.2, 0) is 95.2 Å². The van der Waals surface area contributed by atoms with Gasteiger partial charge in [0.15, 0.2) is 6.29 Å². The normalized spacial score (nSPS) is 18.3. The van der Waals surface area contributed by atoms with Gasteiger partial charge in [-0.15, -0.1) is 0 Å². The van der Waals surface area contributed by atoms with Crippen molar-refractivity contribution < 1.29 is 71.9 Å². The molecule has 102 heavy (non-hydrogen) atoms. The third kappa shape index (κ3) is 14.8. The van der Waals surface area contributed by atoms with Crippen LogP contribution in [0.1, 0.15) is 134 Å². The highest BCUT2D eigenvalue weighted by molar-refractivity contribution is 9.11. The summed E-state index contributed by atoms with van der Waals surface area (Å²) in [6.45, 7) is 23.8. The zero-order valence-corrected chi connectivity index (χ0v) is 64.2. The van der Waals surface area contributed by atoms with Gasteiger partial charge in [-0.3, -0.25) is 19.2 Å². The second-order valence-electron chi connectivity index (χ2n) is 28.3. The van der Waals surface area contributed by atoms with E-state index >= 15 is 0 Å². The molecule has 3 N–H and O–H groups in total. The van der Waals surface area contributed by atoms with E-state index in [1.165, 1.54) is 5.69 Å². The van der Waals surface area contributed by atoms with Crippen molar-refractivity contribution in [2.75, 3.05) is 99.2 Å². The number of halogens is 3. The van der Waals surface area contributed by atoms with Crippen molar-refractivity contribution in [2.24, 2.45) is 0 Å². The highest BCUT2D eigenvalue weighted by Crippen LogP contribution is 2.52. The molecule has 0 saturated carbocycles. The number of aliphatic hydroxyl groups is 1. The van der Waals surface area contributed by atoms with E-state index in [4.69, 9.17) is 33.4 Å². The molecule has 0 radical (unpaired) electrons. The summed E-state index contributed by atoms with van der Waals surface area (Å²) in [5.74, 6) is 0.826. The first kappa shape index (κ1) is 75.5. The van der Waals surface area contributed by atoms with Crippen LogP contribution in [-0.4, -0.2) is 192 Å². The molecule has 4 saturated heterocycles. The number of aryl methyl sites for hydroxylation is 1. The largest absolute Gasteiger partial charge is 0.447 e. The minimum atomic E-state index is -0.747. The Morgan fingerprint density at radius 1 is 0.520 bits per heavy atom. The van der Waals surface area contributed by atoms with Crippen LogP contribution in [0, 0.1) is 0 Å². The molecular weight excluding hydrogens is 1510 g/mol. The SMILES string of the molecule is CC(C)OC(=O)N1CC2(C1)C(=O)N(Cc1nc3c(n1CCCCO)CCCC3)c1ccc(Br)cc12.CC(C)OC(=O)N1CC2(C1)C(=O)Nc1ccc(Br)cc12.CC(C)OC(=O)N1CC2(C1)C(=O)Nc1ccccc12.CCOC(CN1C(=O)C2(CN(C(=O)OC(C)C)C2)c2cc(Br)ccc21)OCC. The molecule has 5 aromatic rings. The van der Waals surface area contributed by atoms with Gasteiger partial charge in [0, 0.05) is 121 Å². The smallest absolute Gasteiger partial charge is 0.410 e. The van der Waals surface area contributed by atoms with Crippen molar-refractivity contribution in [2.45, 2.75) is 173 Å². The fraction of sp³-hybridized carbons (Fsp3) is 0.527. The summed E-state index contributed by atoms with van der Waals surface area (Å²) in [5, 5.41) is 15.0. The van der Waals surface area contributed by atoms with Crippen molar-refractivity contribution in [1.29, 1.82) is 0 Å². The summed E-state index contributed by atoms with van der Waals surface area (Å²) in [5.41, 5.74) is 6.97. The predicted molar refractivity (Wildman–Crippen MR) is 391 cm³/mol. The van der Waals surface area contributed by atoms with Gasteiger partial charge in [0.05, 0.1) is 43.2 Å². The van der Waals surface area contributed by atoms with Crippen LogP contribution in [0.4, 0.5) is 41.9 Å². The van der Waals surface area contributed by atoms with E-state index in [2.05, 4.69) is 63.0 Å². The van der Waals surface area contributed by atoms with Gasteiger partial charge < -0.3 is 78.1 Å². The Morgan fingerprint density at radius 3 is 1.40 bits per heavy atom. The third-order valence-corrected chi connectivity index (χ3v) is 21.1. The van der Waals surface area contributed by atoms with Crippen molar-refractivity contribution in [1.82, 2.24) is 29.2 Å². The van der Waals surface area contributed by atoms with Gasteiger partial charge >= 0.3 is 24.4 Å². The molecule has 28 heteroatoms. The Kier molecular flexibility index (Phi) is 22.9. The second-order valence-corrected chi connectivity index (χ2v) is 31.1. The first-order chi connectivity index (χ1) is 48.6. The number of carbonyl (C=O) groups excluding carboxylic acids is 8. The van der Waals surface area contributed by atoms with Gasteiger partial charge in [-0.25, -0.2) is 24.2 Å². The van der Waals surface area contributed by atoms with Crippen LogP contribution in [0.25, 0.3) is 0 Å². The Labute approximate surface area is 619 Å². The summed E-state index contributed by atoms with van der Waals surface area (Å²) in [6, 6.07) is 25.1. The number of anilines is 4. The van der Waals surface area contributed by atoms with Crippen LogP contribution in [0.2, 0.25) is 0 Å². The van der Waals surface area contributed by atoms with Gasteiger partial charge in [-0.1, -0.05) is 66.0 Å². The number of aliphatic hydroxyl groups excluding tert-OH is 1. The van der Waals surface area contributed by atoms with Crippen molar-refractivity contribution in [3.05, 3.63) is 132 Å². The Balaban J connectivity index is 0.000000141. The van der Waals surface area contributed by atoms with E-state index < -0.39 is 27.9 Å². The standard InChI is InChI=1S/C26H33BrN4O4.C20H27BrN2O5.C14H15BrN2O3.C14H16N2O3/c1-17(2)35-25(34)29-15-26(16-29)19-13-18(27)9-10-21(19)31(24(26)33)14-23-28-20-7-3-4-8-22(20)30(23)11-5-6-12-32;1-5-26-17(27-6-2)10-23-16-8-7-14(21)9-15(16)20(18(23)24)11-22(12-20)19(25)28-13(3)4;1-8(2)20-13(19)17-6-14(7-17)10-5-9(15)3-4-11(10)16-12(14)18;1-9(2)19-13(18)16-7-14(8-16)10-5-3-4-6-11(10)15-12(14)17/h9-10,13,17,32H,3-8,11-12,14-16H2,1-2H3;7-9,13,17H,5-6,10-12H2,1-4H3;3-5,8H,6-7H2,1-2H3,(H,16,18);3-6,9H,7-8H2,1-2H3,(H,15,17). The maximum Gasteiger partial charge on any atom is 0.410 e. The van der Waals surface area contributed by atoms with Crippen molar-refractivity contribution in [3.63, 3.8) is 0 Å². The molecule has 0 unspecified atom stereocenters. The van der Waals surface area contributed by atoms with Crippen LogP contribution in [0.15, 0.2) is 92.3 Å². The molecule has 1 aliphatic carbocycles. The van der Waals surface area contributed by atoms with E-state index in [0.717, 1.165) is 115 Å². The number of likely N-dealkylation sites (tertiary alicyclic amines) is 4. The van der Waals surface area contributed by atoms with E-state index in [0.29, 0.717) is 78.7 Å². The number of unbranched alkanes of at least 4 members (excludes halogenated alkanes) is 1. The van der Waals surface area contributed by atoms with E-state index in [1.807, 2.05) is 153 Å². The monoisotopic (exact) mass is 1600 g/mol. The number of ether oxygens (including phenoxy) is 6. The minimum Gasteiger partial charge on any atom is -0.447 e. The molecule has 25 nitrogen and oxygen atoms in total. The summed E-state index contributed by atoms with van der Waals surface area (Å²) in [6.07, 6.45) is 3.25. The topological polar surface area (TPSA) is 273 Å². The number of para-hydroxylation sites is 1. The number of hydrogen-bond donors (Lipinski definition) is 3. The van der Waals surface area contributed by atoms with Gasteiger partial charge in [-0.05, 0) is 191 Å². The molecule has 8 amide bonds. The highest BCUT2D eigenvalue weighted by atomic mass is 79.9. The number of rotatable bonds is 16. The number of benzene rings is 4. The van der Waals surface area contributed by atoms with E-state index in [1.54, 1.807) is 24.5 Å². The van der Waals surface area contributed by atoms with Crippen molar-refractivity contribution in [3.8, 4) is 0 Å². The summed E-state index contributed by atoms with van der Waals surface area (Å²) < 4.78 is 37.2. The molecule has 4 aromatic carbocycles. The van der Waals surface area contributed by atoms with E-state index in [-0.39, 0.29) is 79.0 Å². The Hall–Kier alpha value is -7.63. The fourth-order valence-electron chi connectivity index (χ4n) is 14.8. The maximum atomic E-state index is 13.9. The number of imidazole rings is 1. The lowest BCUT2D eigenvalue weighted by atomic mass is 9.75. The predicted octanol–water partition coefficient (Wildman–Crippen LogP) is 11.5. The van der Waals surface area contributed by atoms with E-state index in [9.17, 15) is 43.5 Å². The second kappa shape index (κ2) is 31.0. The minimum absolute atomic E-state index is 0.0158. The average Bonchev–Trinajstić information content (AvgIpc) is 1.56. The van der Waals surface area contributed by atoms with Crippen molar-refractivity contribution >= 4 is 119 Å². The van der Waals surface area contributed by atoms with Gasteiger partial charge in [-0.2, -0.15) is 0 Å². The summed E-state index contributed by atoms with van der Waals surface area (Å²) >= 11 is 10.5. The Bertz CT molecular complexity index is 4020. The highest BCUT2D eigenvalue weighted by Gasteiger charge is 2.63. The molecule has 4 fully saturated rings. The number of fused-ring (bicyclic) bond motifs is 9. The summed E-state index contributed by atoms with van der Waals surface area (Å²) in [7, 11) is 0. The number of nitrogens with one attached hydrogen (secondary N) is 2. The Morgan fingerprint density at radius 2 is 0.931 bits per heavy atom. The zero-order chi connectivity index (χ0) is 73.3. The molecule has 9 aliphatic rings. The van der Waals surface area contributed by atoms with Gasteiger partial charge in [0.25, 0.3) is 0 Å². The molecule has 0 bridgehead atoms. The lowest BCUT2D eigenvalue weighted by Gasteiger charge is -2.46. The van der Waals surface area contributed by atoms with Crippen LogP contribution in [0.3, 0.4) is 0 Å². The first-order valence-corrected chi connectivity index (χ1v) is 37.5. The molecule has 8 aliphatic heterocycles. The van der Waals surface area contributed by atoms with Gasteiger partial charge in [0.1, 0.15) is 27.5 Å². The lowest BCUT2D eigenvalue weighted by Crippen LogP contribution is -2.65. The quantitative estimate of drug-likeness (QED) is 0.0470. The fourth-order valence-corrected chi connectivity index (χ4v) is 15.9. The first-order valence-electron chi connectivity index (χ1n) is 35.1. The zero-order valence-electron chi connectivity index (χ0n) is 59.4. The molecule has 4 spiro atoms. The number of aromatic nitrogens is 2. The summed E-state index contributed by atoms with van der Waals surface area (Å²) in [4.78, 5) is 115. The molecular formula is C74H91Br3N10O15. The average molecular weight is 1600 g/mol. The maximum absolute atomic E-state index is 13.9. The van der Waals surface area contributed by atoms with Crippen LogP contribution < -0.4 is 20.4 Å². The number of hydrogen-bond acceptors (Lipinski definition) is 16. The number of nitrogens with zero attached hydrogens (tertiary/aromatic N) is 8. The molecule has 1 aromatic heterocycles. The lowest BCUT2D eigenvalue weighted by molar-refractivity contribution is -0.139. The third-order valence-electron chi connectivity index (χ3n) is 19.6. The number of amides is 8. The molecule has 14 rings (SSSR count). The number of carbonyl (C=O) groups is 8. The molecule has 0 atom stereocenters. The van der Waals surface area contributed by atoms with Crippen LogP contribution >= 0.6 is 47.8 Å².